The first-order chi connectivity index (χ1) is 3.79. The monoisotopic (exact) mass is 154 g/mol. The van der Waals surface area contributed by atoms with E-state index in [0.717, 1.165) is 0 Å². The molecule has 9 heavy (non-hydrogen) atoms. The average molecular weight is 155 g/mol. The molecule has 0 aromatic carbocycles. The van der Waals surface area contributed by atoms with Crippen LogP contribution >= 0.6 is 23.2 Å². The zero-order valence-corrected chi connectivity index (χ0v) is 6.24. The van der Waals surface area contributed by atoms with E-state index in [2.05, 4.69) is 16.4 Å². The Morgan fingerprint density at radius 2 is 2.11 bits per heavy atom. The number of hydrogen-bond donors (Lipinski definition) is 0. The largest absolute Gasteiger partial charge is 1.00 e. The summed E-state index contributed by atoms with van der Waals surface area (Å²) in [4.78, 5) is 0. The summed E-state index contributed by atoms with van der Waals surface area (Å²) < 4.78 is 0. The normalized spacial score (nSPS) is 8.22. The Kier molecular flexibility index (Phi) is 4.25. The van der Waals surface area contributed by atoms with Crippen LogP contribution in [0.4, 0.5) is 0 Å². The maximum atomic E-state index is 5.40. The summed E-state index contributed by atoms with van der Waals surface area (Å²) in [7, 11) is 0. The number of nitrogens with zero attached hydrogens (tertiary/aromatic N) is 2. The van der Waals surface area contributed by atoms with Gasteiger partial charge >= 0.3 is 18.9 Å². The van der Waals surface area contributed by atoms with Gasteiger partial charge in [-0.25, -0.2) is 0 Å². The second-order valence-corrected chi connectivity index (χ2v) is 1.92. The quantitative estimate of drug-likeness (QED) is 0.339. The Morgan fingerprint density at radius 3 is 2.44 bits per heavy atom. The van der Waals surface area contributed by atoms with E-state index in [0.29, 0.717) is 5.02 Å². The Hall–Kier alpha value is 0.257. The van der Waals surface area contributed by atoms with Crippen molar-refractivity contribution < 1.29 is 18.9 Å². The van der Waals surface area contributed by atoms with Crippen molar-refractivity contribution >= 4 is 23.2 Å². The molecule has 0 aliphatic rings. The Balaban J connectivity index is 0.000000640. The van der Waals surface area contributed by atoms with Gasteiger partial charge in [0.25, 0.3) is 0 Å². The van der Waals surface area contributed by atoms with Crippen LogP contribution in [0.2, 0.25) is 10.2 Å². The first-order valence-corrected chi connectivity index (χ1v) is 2.61. The van der Waals surface area contributed by atoms with E-state index in [-0.39, 0.29) is 24.0 Å². The summed E-state index contributed by atoms with van der Waals surface area (Å²) >= 11 is 10.8. The van der Waals surface area contributed by atoms with Crippen molar-refractivity contribution in [1.82, 2.24) is 10.2 Å². The van der Waals surface area contributed by atoms with Crippen LogP contribution in [0.5, 0.6) is 0 Å². The average Bonchev–Trinajstić information content (AvgIpc) is 1.64. The minimum absolute atomic E-state index is 0. The van der Waals surface area contributed by atoms with Gasteiger partial charge in [0.15, 0.2) is 0 Å². The topological polar surface area (TPSA) is 25.8 Å². The van der Waals surface area contributed by atoms with Crippen LogP contribution in [0.15, 0.2) is 6.07 Å². The molecule has 0 fully saturated rings. The zero-order chi connectivity index (χ0) is 5.98. The van der Waals surface area contributed by atoms with Gasteiger partial charge in [-0.3, -0.25) is 5.10 Å². The van der Waals surface area contributed by atoms with Gasteiger partial charge in [-0.05, 0) is 0 Å². The van der Waals surface area contributed by atoms with Gasteiger partial charge < -0.3 is 0 Å². The molecule has 42 valence electrons. The molecule has 5 heteroatoms. The molecule has 0 saturated heterocycles. The fourth-order valence-electron chi connectivity index (χ4n) is 0.286. The van der Waals surface area contributed by atoms with E-state index in [1.807, 2.05) is 0 Å². The first-order valence-electron chi connectivity index (χ1n) is 1.85. The molecule has 0 unspecified atom stereocenters. The van der Waals surface area contributed by atoms with Crippen molar-refractivity contribution in [2.24, 2.45) is 0 Å². The van der Waals surface area contributed by atoms with E-state index in [4.69, 9.17) is 23.2 Å². The molecule has 0 aliphatic heterocycles. The second-order valence-electron chi connectivity index (χ2n) is 1.13. The first kappa shape index (κ1) is 9.26. The van der Waals surface area contributed by atoms with E-state index in [9.17, 15) is 0 Å². The molecule has 1 rings (SSSR count). The van der Waals surface area contributed by atoms with Gasteiger partial charge in [0, 0.05) is 0 Å². The standard InChI is InChI=1S/C4HCl2N2.Li/c5-3-1-4(6)8-7-2-3;/h1H;/q-1;+1. The number of halogens is 2. The van der Waals surface area contributed by atoms with E-state index < -0.39 is 0 Å². The molecule has 1 aromatic rings. The van der Waals surface area contributed by atoms with Crippen molar-refractivity contribution in [2.75, 3.05) is 0 Å². The van der Waals surface area contributed by atoms with Gasteiger partial charge in [-0.2, -0.15) is 11.2 Å². The maximum absolute atomic E-state index is 5.40. The summed E-state index contributed by atoms with van der Waals surface area (Å²) in [5, 5.41) is 7.43. The third kappa shape index (κ3) is 3.07. The predicted octanol–water partition coefficient (Wildman–Crippen LogP) is -1.41. The predicted molar refractivity (Wildman–Crippen MR) is 30.9 cm³/mol. The molecule has 0 saturated carbocycles. The molecule has 0 spiro atoms. The summed E-state index contributed by atoms with van der Waals surface area (Å²) in [6.07, 6.45) is 2.39. The molecule has 0 bridgehead atoms. The number of hydrogen-bond acceptors (Lipinski definition) is 2. The molecule has 0 N–H and O–H groups in total. The summed E-state index contributed by atoms with van der Waals surface area (Å²) in [6, 6.07) is 1.47. The molecule has 2 nitrogen and oxygen atoms in total. The zero-order valence-electron chi connectivity index (χ0n) is 4.73. The summed E-state index contributed by atoms with van der Waals surface area (Å²) in [6.45, 7) is 0. The molecular weight excluding hydrogens is 154 g/mol. The molecule has 0 atom stereocenters. The molecular formula is C4HCl2LiN2. The van der Waals surface area contributed by atoms with Crippen molar-refractivity contribution in [2.45, 2.75) is 0 Å². The van der Waals surface area contributed by atoms with Gasteiger partial charge in [-0.15, -0.1) is 22.8 Å². The molecule has 0 radical (unpaired) electrons. The van der Waals surface area contributed by atoms with Crippen LogP contribution in [0, 0.1) is 6.20 Å². The minimum Gasteiger partial charge on any atom is -0.265 e. The van der Waals surface area contributed by atoms with Crippen LogP contribution < -0.4 is 18.9 Å². The van der Waals surface area contributed by atoms with Crippen LogP contribution in [0.25, 0.3) is 0 Å². The van der Waals surface area contributed by atoms with Gasteiger partial charge in [0.1, 0.15) is 0 Å². The second kappa shape index (κ2) is 4.13. The third-order valence-electron chi connectivity index (χ3n) is 0.548. The molecule has 1 aromatic heterocycles. The SMILES string of the molecule is Clc1[c-]nnc(Cl)c1.[Li+]. The maximum Gasteiger partial charge on any atom is 1.00 e. The number of rotatable bonds is 0. The van der Waals surface area contributed by atoms with Gasteiger partial charge in [0.05, 0.1) is 5.15 Å². The van der Waals surface area contributed by atoms with Crippen LogP contribution in [-0.4, -0.2) is 10.2 Å². The molecule has 1 heterocycles. The van der Waals surface area contributed by atoms with Crippen LogP contribution in [0.3, 0.4) is 0 Å². The van der Waals surface area contributed by atoms with Crippen LogP contribution in [-0.2, 0) is 0 Å². The van der Waals surface area contributed by atoms with Crippen molar-refractivity contribution in [1.29, 1.82) is 0 Å². The fourth-order valence-corrected chi connectivity index (χ4v) is 0.630. The third-order valence-corrected chi connectivity index (χ3v) is 0.926. The Morgan fingerprint density at radius 1 is 1.44 bits per heavy atom. The Labute approximate surface area is 74.7 Å². The fraction of sp³-hybridized carbons (Fsp3) is 0. The van der Waals surface area contributed by atoms with E-state index in [1.165, 1.54) is 6.07 Å². The Bertz CT molecular complexity index is 176. The molecule has 0 amide bonds. The number of aromatic nitrogens is 2. The van der Waals surface area contributed by atoms with Gasteiger partial charge in [-0.1, -0.05) is 11.6 Å². The summed E-state index contributed by atoms with van der Waals surface area (Å²) in [5.41, 5.74) is 0. The van der Waals surface area contributed by atoms with E-state index >= 15 is 0 Å². The van der Waals surface area contributed by atoms with Crippen molar-refractivity contribution in [3.8, 4) is 0 Å². The smallest absolute Gasteiger partial charge is 0.265 e. The van der Waals surface area contributed by atoms with Crippen molar-refractivity contribution in [3.63, 3.8) is 0 Å². The van der Waals surface area contributed by atoms with Crippen molar-refractivity contribution in [3.05, 3.63) is 22.4 Å². The van der Waals surface area contributed by atoms with E-state index in [1.54, 1.807) is 0 Å². The molecule has 0 aliphatic carbocycles. The van der Waals surface area contributed by atoms with Crippen LogP contribution in [0.1, 0.15) is 0 Å². The van der Waals surface area contributed by atoms with Gasteiger partial charge in [0.2, 0.25) is 0 Å². The minimum atomic E-state index is 0. The summed E-state index contributed by atoms with van der Waals surface area (Å²) in [5.74, 6) is 0.